The zero-order valence-corrected chi connectivity index (χ0v) is 24.5. The molecule has 0 bridgehead atoms. The minimum atomic E-state index is -0.918. The van der Waals surface area contributed by atoms with Crippen LogP contribution in [-0.4, -0.2) is 27.0 Å². The highest BCUT2D eigenvalue weighted by atomic mass is 35.5. The molecule has 206 valence electrons. The van der Waals surface area contributed by atoms with Crippen LogP contribution in [0.1, 0.15) is 53.1 Å². The van der Waals surface area contributed by atoms with Crippen molar-refractivity contribution < 1.29 is 19.1 Å². The average Bonchev–Trinajstić information content (AvgIpc) is 3.69. The number of aliphatic hydroxyl groups excluding tert-OH is 1. The van der Waals surface area contributed by atoms with Gasteiger partial charge in [0.1, 0.15) is 5.58 Å². The van der Waals surface area contributed by atoms with E-state index in [1.165, 1.54) is 28.0 Å². The van der Waals surface area contributed by atoms with Gasteiger partial charge in [-0.3, -0.25) is 14.5 Å². The summed E-state index contributed by atoms with van der Waals surface area (Å²) in [5, 5.41) is 21.4. The summed E-state index contributed by atoms with van der Waals surface area (Å²) in [5.41, 5.74) is 3.20. The molecule has 3 heterocycles. The van der Waals surface area contributed by atoms with Crippen molar-refractivity contribution in [2.75, 3.05) is 4.90 Å². The summed E-state index contributed by atoms with van der Waals surface area (Å²) < 4.78 is 6.45. The van der Waals surface area contributed by atoms with Gasteiger partial charge in [-0.25, -0.2) is 0 Å². The molecule has 5 aromatic rings. The van der Waals surface area contributed by atoms with E-state index < -0.39 is 23.5 Å². The summed E-state index contributed by atoms with van der Waals surface area (Å²) in [7, 11) is 0. The Balaban J connectivity index is 1.37. The molecule has 0 aliphatic carbocycles. The number of furan rings is 1. The second-order valence-corrected chi connectivity index (χ2v) is 12.5. The van der Waals surface area contributed by atoms with Crippen molar-refractivity contribution in [3.8, 4) is 0 Å². The predicted molar refractivity (Wildman–Crippen MR) is 162 cm³/mol. The number of Topliss-reactive ketones (excluding diaryl/α,β-unsaturated/α-hetero) is 1. The second-order valence-electron chi connectivity index (χ2n) is 9.87. The number of carbonyl (C=O) groups excluding carboxylic acids is 2. The lowest BCUT2D eigenvalue weighted by Gasteiger charge is -2.24. The number of aromatic nitrogens is 2. The fourth-order valence-electron chi connectivity index (χ4n) is 4.75. The van der Waals surface area contributed by atoms with Crippen LogP contribution < -0.4 is 4.90 Å². The Morgan fingerprint density at radius 3 is 2.54 bits per heavy atom. The summed E-state index contributed by atoms with van der Waals surface area (Å²) in [4.78, 5) is 28.8. The first-order chi connectivity index (χ1) is 19.8. The van der Waals surface area contributed by atoms with Gasteiger partial charge < -0.3 is 9.52 Å². The summed E-state index contributed by atoms with van der Waals surface area (Å²) in [6.07, 6.45) is 0. The Kier molecular flexibility index (Phi) is 7.42. The lowest BCUT2D eigenvalue weighted by atomic mass is 9.93. The molecule has 7 nitrogen and oxygen atoms in total. The molecular weight excluding hydrogens is 578 g/mol. The largest absolute Gasteiger partial charge is 0.503 e. The number of ketones is 1. The van der Waals surface area contributed by atoms with E-state index in [2.05, 4.69) is 24.0 Å². The molecule has 0 saturated heterocycles. The molecule has 0 unspecified atom stereocenters. The molecule has 0 fully saturated rings. The number of fused-ring (bicyclic) bond motifs is 1. The van der Waals surface area contributed by atoms with Gasteiger partial charge in [-0.05, 0) is 40.8 Å². The number of carbonyl (C=O) groups is 2. The molecule has 0 radical (unpaired) electrons. The van der Waals surface area contributed by atoms with Gasteiger partial charge in [-0.2, -0.15) is 0 Å². The number of benzene rings is 3. The highest BCUT2D eigenvalue weighted by molar-refractivity contribution is 8.00. The Morgan fingerprint density at radius 2 is 1.80 bits per heavy atom. The van der Waals surface area contributed by atoms with Gasteiger partial charge in [0.05, 0.1) is 11.6 Å². The number of aliphatic hydroxyl groups is 1. The van der Waals surface area contributed by atoms with Crippen LogP contribution in [0, 0.1) is 0 Å². The SMILES string of the molecule is CC(C)c1ccc([C@H]2C(C(=O)c3cc4ccccc4o3)=C(O)C(=O)N2c2nnc(SCc3ccccc3Cl)s2)cc1. The van der Waals surface area contributed by atoms with Crippen molar-refractivity contribution in [1.82, 2.24) is 10.2 Å². The van der Waals surface area contributed by atoms with E-state index in [1.54, 1.807) is 12.1 Å². The number of rotatable bonds is 8. The fraction of sp³-hybridized carbons (Fsp3) is 0.161. The third kappa shape index (κ3) is 5.16. The van der Waals surface area contributed by atoms with Crippen LogP contribution in [0.5, 0.6) is 0 Å². The molecule has 0 spiro atoms. The zero-order chi connectivity index (χ0) is 28.7. The third-order valence-electron chi connectivity index (χ3n) is 6.93. The van der Waals surface area contributed by atoms with E-state index in [0.29, 0.717) is 32.2 Å². The van der Waals surface area contributed by atoms with E-state index in [4.69, 9.17) is 16.0 Å². The fourth-order valence-corrected chi connectivity index (χ4v) is 6.91. The quantitative estimate of drug-likeness (QED) is 0.109. The first-order valence-corrected chi connectivity index (χ1v) is 15.1. The lowest BCUT2D eigenvalue weighted by molar-refractivity contribution is -0.117. The molecular formula is C31H24ClN3O4S2. The lowest BCUT2D eigenvalue weighted by Crippen LogP contribution is -2.31. The molecule has 1 amide bonds. The van der Waals surface area contributed by atoms with Gasteiger partial charge in [0.15, 0.2) is 15.9 Å². The molecule has 1 aliphatic heterocycles. The second kappa shape index (κ2) is 11.2. The van der Waals surface area contributed by atoms with E-state index >= 15 is 0 Å². The molecule has 1 aliphatic rings. The van der Waals surface area contributed by atoms with Gasteiger partial charge in [-0.15, -0.1) is 10.2 Å². The van der Waals surface area contributed by atoms with Crippen LogP contribution in [0.15, 0.2) is 99.0 Å². The van der Waals surface area contributed by atoms with Gasteiger partial charge in [0.25, 0.3) is 5.91 Å². The number of amides is 1. The molecule has 0 saturated carbocycles. The summed E-state index contributed by atoms with van der Waals surface area (Å²) in [5.74, 6) is -1.01. The number of hydrogen-bond donors (Lipinski definition) is 1. The molecule has 6 rings (SSSR count). The molecule has 10 heteroatoms. The number of para-hydroxylation sites is 1. The summed E-state index contributed by atoms with van der Waals surface area (Å²) >= 11 is 8.96. The van der Waals surface area contributed by atoms with Gasteiger partial charge >= 0.3 is 0 Å². The number of anilines is 1. The van der Waals surface area contributed by atoms with E-state index in [9.17, 15) is 14.7 Å². The third-order valence-corrected chi connectivity index (χ3v) is 9.41. The highest BCUT2D eigenvalue weighted by Gasteiger charge is 2.46. The number of thioether (sulfide) groups is 1. The normalized spacial score (nSPS) is 15.5. The zero-order valence-electron chi connectivity index (χ0n) is 22.1. The average molecular weight is 602 g/mol. The van der Waals surface area contributed by atoms with Crippen molar-refractivity contribution >= 4 is 62.5 Å². The molecule has 2 aromatic heterocycles. The predicted octanol–water partition coefficient (Wildman–Crippen LogP) is 8.14. The maximum Gasteiger partial charge on any atom is 0.296 e. The van der Waals surface area contributed by atoms with Crippen LogP contribution in [0.25, 0.3) is 11.0 Å². The Labute approximate surface area is 249 Å². The van der Waals surface area contributed by atoms with E-state index in [0.717, 1.165) is 16.5 Å². The standard InChI is InChI=1S/C31H24ClN3O4S2/c1-17(2)18-11-13-19(14-12-18)26-25(27(36)24-15-20-7-4-6-10-23(20)39-24)28(37)29(38)35(26)30-33-34-31(41-30)40-16-21-8-3-5-9-22(21)32/h3-15,17,26,37H,16H2,1-2H3/t26-/m0/s1. The number of hydrogen-bond acceptors (Lipinski definition) is 8. The van der Waals surface area contributed by atoms with Gasteiger partial charge in [0.2, 0.25) is 10.9 Å². The molecule has 41 heavy (non-hydrogen) atoms. The van der Waals surface area contributed by atoms with E-state index in [-0.39, 0.29) is 16.5 Å². The van der Waals surface area contributed by atoms with Crippen molar-refractivity contribution in [3.63, 3.8) is 0 Å². The van der Waals surface area contributed by atoms with Crippen LogP contribution >= 0.6 is 34.7 Å². The van der Waals surface area contributed by atoms with Crippen molar-refractivity contribution in [3.05, 3.63) is 118 Å². The minimum absolute atomic E-state index is 0.0412. The van der Waals surface area contributed by atoms with Crippen LogP contribution in [0.2, 0.25) is 5.02 Å². The molecule has 3 aromatic carbocycles. The Hall–Kier alpha value is -3.92. The first-order valence-electron chi connectivity index (χ1n) is 12.9. The maximum absolute atomic E-state index is 13.9. The van der Waals surface area contributed by atoms with Gasteiger partial charge in [0, 0.05) is 16.2 Å². The van der Waals surface area contributed by atoms with Crippen LogP contribution in [-0.2, 0) is 10.5 Å². The van der Waals surface area contributed by atoms with E-state index in [1.807, 2.05) is 66.7 Å². The van der Waals surface area contributed by atoms with Gasteiger partial charge in [-0.1, -0.05) is 109 Å². The Bertz CT molecular complexity index is 1780. The monoisotopic (exact) mass is 601 g/mol. The van der Waals surface area contributed by atoms with Crippen LogP contribution in [0.3, 0.4) is 0 Å². The number of nitrogens with zero attached hydrogens (tertiary/aromatic N) is 3. The molecule has 1 atom stereocenters. The van der Waals surface area contributed by atoms with Crippen molar-refractivity contribution in [2.24, 2.45) is 0 Å². The van der Waals surface area contributed by atoms with Crippen molar-refractivity contribution in [2.45, 2.75) is 35.9 Å². The van der Waals surface area contributed by atoms with Crippen molar-refractivity contribution in [1.29, 1.82) is 0 Å². The topological polar surface area (TPSA) is 96.5 Å². The first kappa shape index (κ1) is 27.3. The summed E-state index contributed by atoms with van der Waals surface area (Å²) in [6, 6.07) is 23.2. The number of halogens is 1. The minimum Gasteiger partial charge on any atom is -0.503 e. The smallest absolute Gasteiger partial charge is 0.296 e. The molecule has 1 N–H and O–H groups in total. The Morgan fingerprint density at radius 1 is 1.07 bits per heavy atom. The van der Waals surface area contributed by atoms with Crippen LogP contribution in [0.4, 0.5) is 5.13 Å². The summed E-state index contributed by atoms with van der Waals surface area (Å²) in [6.45, 7) is 4.18. The maximum atomic E-state index is 13.9. The highest BCUT2D eigenvalue weighted by Crippen LogP contribution is 2.44.